The molecular weight excluding hydrogens is 404 g/mol. The second-order valence-corrected chi connectivity index (χ2v) is 9.73. The number of hydrogen-bond donors (Lipinski definition) is 1. The molecule has 0 saturated heterocycles. The molecule has 164 valence electrons. The maximum Gasteiger partial charge on any atom is 0.251 e. The molecule has 3 aromatic rings. The Morgan fingerprint density at radius 3 is 2.32 bits per heavy atom. The number of carbonyl (C=O) groups excluding carboxylic acids is 1. The van der Waals surface area contributed by atoms with E-state index in [1.807, 2.05) is 25.1 Å². The van der Waals surface area contributed by atoms with Crippen LogP contribution < -0.4 is 5.73 Å². The molecule has 31 heavy (non-hydrogen) atoms. The van der Waals surface area contributed by atoms with Crippen molar-refractivity contribution in [3.8, 4) is 11.1 Å². The summed E-state index contributed by atoms with van der Waals surface area (Å²) < 4.78 is 2.24. The first kappa shape index (κ1) is 23.1. The van der Waals surface area contributed by atoms with Gasteiger partial charge < -0.3 is 10.3 Å². The summed E-state index contributed by atoms with van der Waals surface area (Å²) >= 11 is 6.23. The third-order valence-electron chi connectivity index (χ3n) is 5.91. The third kappa shape index (κ3) is 5.04. The average molecular weight is 437 g/mol. The second kappa shape index (κ2) is 9.32. The molecule has 0 saturated carbocycles. The molecular formula is C27H33ClN2O. The number of nitrogens with zero attached hydrogens (tertiary/aromatic N) is 1. The van der Waals surface area contributed by atoms with Crippen LogP contribution in [0.1, 0.15) is 73.4 Å². The van der Waals surface area contributed by atoms with Gasteiger partial charge >= 0.3 is 0 Å². The first-order valence-corrected chi connectivity index (χ1v) is 11.4. The highest BCUT2D eigenvalue weighted by atomic mass is 35.5. The second-order valence-electron chi connectivity index (χ2n) is 9.29. The van der Waals surface area contributed by atoms with Crippen LogP contribution in [0.5, 0.6) is 0 Å². The van der Waals surface area contributed by atoms with Crippen LogP contribution >= 0.6 is 11.6 Å². The van der Waals surface area contributed by atoms with E-state index in [1.165, 1.54) is 5.56 Å². The molecule has 4 heteroatoms. The van der Waals surface area contributed by atoms with E-state index in [2.05, 4.69) is 62.6 Å². The summed E-state index contributed by atoms with van der Waals surface area (Å²) in [6.45, 7) is 11.4. The predicted octanol–water partition coefficient (Wildman–Crippen LogP) is 6.90. The van der Waals surface area contributed by atoms with Crippen molar-refractivity contribution in [1.29, 1.82) is 0 Å². The summed E-state index contributed by atoms with van der Waals surface area (Å²) in [5.41, 5.74) is 13.1. The SMILES string of the molecule is CCCCc1c(-c2ccc(C(C)(C)C)cc2)c(C(N)=O)c(C)n1Cc1cccc(Cl)c1. The van der Waals surface area contributed by atoms with Crippen molar-refractivity contribution in [2.24, 2.45) is 5.73 Å². The molecule has 0 unspecified atom stereocenters. The Labute approximate surface area is 191 Å². The maximum atomic E-state index is 12.6. The third-order valence-corrected chi connectivity index (χ3v) is 6.15. The number of carbonyl (C=O) groups is 1. The first-order valence-electron chi connectivity index (χ1n) is 11.0. The average Bonchev–Trinajstić information content (AvgIpc) is 2.97. The van der Waals surface area contributed by atoms with Crippen LogP contribution in [0.25, 0.3) is 11.1 Å². The predicted molar refractivity (Wildman–Crippen MR) is 131 cm³/mol. The zero-order chi connectivity index (χ0) is 22.8. The number of primary amides is 1. The van der Waals surface area contributed by atoms with Crippen molar-refractivity contribution < 1.29 is 4.79 Å². The Morgan fingerprint density at radius 2 is 1.77 bits per heavy atom. The molecule has 0 aliphatic rings. The Kier molecular flexibility index (Phi) is 6.96. The minimum atomic E-state index is -0.380. The topological polar surface area (TPSA) is 48.0 Å². The van der Waals surface area contributed by atoms with Gasteiger partial charge in [-0.2, -0.15) is 0 Å². The lowest BCUT2D eigenvalue weighted by molar-refractivity contribution is 0.1000. The van der Waals surface area contributed by atoms with Gasteiger partial charge in [0.05, 0.1) is 5.56 Å². The molecule has 1 heterocycles. The van der Waals surface area contributed by atoms with Crippen molar-refractivity contribution in [3.63, 3.8) is 0 Å². The van der Waals surface area contributed by atoms with Crippen molar-refractivity contribution in [1.82, 2.24) is 4.57 Å². The van der Waals surface area contributed by atoms with Crippen molar-refractivity contribution in [3.05, 3.63) is 81.6 Å². The smallest absolute Gasteiger partial charge is 0.251 e. The normalized spacial score (nSPS) is 11.7. The molecule has 0 spiro atoms. The first-order chi connectivity index (χ1) is 14.6. The number of benzene rings is 2. The van der Waals surface area contributed by atoms with E-state index < -0.39 is 0 Å². The summed E-state index contributed by atoms with van der Waals surface area (Å²) in [7, 11) is 0. The van der Waals surface area contributed by atoms with E-state index in [9.17, 15) is 4.79 Å². The van der Waals surface area contributed by atoms with E-state index in [0.717, 1.165) is 47.3 Å². The Bertz CT molecular complexity index is 1070. The number of unbranched alkanes of at least 4 members (excludes halogenated alkanes) is 1. The van der Waals surface area contributed by atoms with Crippen LogP contribution in [-0.2, 0) is 18.4 Å². The monoisotopic (exact) mass is 436 g/mol. The highest BCUT2D eigenvalue weighted by molar-refractivity contribution is 6.30. The molecule has 3 rings (SSSR count). The fourth-order valence-electron chi connectivity index (χ4n) is 4.18. The molecule has 0 fully saturated rings. The lowest BCUT2D eigenvalue weighted by Crippen LogP contribution is -2.14. The number of hydrogen-bond acceptors (Lipinski definition) is 1. The zero-order valence-electron chi connectivity index (χ0n) is 19.3. The molecule has 0 radical (unpaired) electrons. The maximum absolute atomic E-state index is 12.6. The quantitative estimate of drug-likeness (QED) is 0.430. The molecule has 0 bridgehead atoms. The highest BCUT2D eigenvalue weighted by Gasteiger charge is 2.25. The van der Waals surface area contributed by atoms with Gasteiger partial charge in [-0.3, -0.25) is 4.79 Å². The van der Waals surface area contributed by atoms with Gasteiger partial charge in [0.2, 0.25) is 0 Å². The lowest BCUT2D eigenvalue weighted by atomic mass is 9.86. The zero-order valence-corrected chi connectivity index (χ0v) is 20.0. The van der Waals surface area contributed by atoms with E-state index in [-0.39, 0.29) is 11.3 Å². The van der Waals surface area contributed by atoms with Crippen LogP contribution in [-0.4, -0.2) is 10.5 Å². The number of nitrogens with two attached hydrogens (primary N) is 1. The molecule has 2 aromatic carbocycles. The van der Waals surface area contributed by atoms with Gasteiger partial charge in [-0.15, -0.1) is 0 Å². The van der Waals surface area contributed by atoms with Crippen LogP contribution in [0.15, 0.2) is 48.5 Å². The molecule has 1 aromatic heterocycles. The summed E-state index contributed by atoms with van der Waals surface area (Å²) in [6.07, 6.45) is 3.02. The van der Waals surface area contributed by atoms with E-state index in [1.54, 1.807) is 0 Å². The fourth-order valence-corrected chi connectivity index (χ4v) is 4.40. The minimum absolute atomic E-state index is 0.0739. The van der Waals surface area contributed by atoms with E-state index >= 15 is 0 Å². The van der Waals surface area contributed by atoms with Gasteiger partial charge in [-0.05, 0) is 54.0 Å². The van der Waals surface area contributed by atoms with E-state index in [0.29, 0.717) is 17.1 Å². The van der Waals surface area contributed by atoms with Crippen LogP contribution in [0.3, 0.4) is 0 Å². The van der Waals surface area contributed by atoms with Crippen LogP contribution in [0.4, 0.5) is 0 Å². The van der Waals surface area contributed by atoms with Gasteiger partial charge in [-0.1, -0.05) is 82.1 Å². The van der Waals surface area contributed by atoms with Gasteiger partial charge in [0.1, 0.15) is 0 Å². The molecule has 0 atom stereocenters. The van der Waals surface area contributed by atoms with Crippen molar-refractivity contribution in [2.75, 3.05) is 0 Å². The van der Waals surface area contributed by atoms with Gasteiger partial charge in [-0.25, -0.2) is 0 Å². The molecule has 3 nitrogen and oxygen atoms in total. The Hall–Kier alpha value is -2.52. The molecule has 0 aliphatic carbocycles. The summed E-state index contributed by atoms with van der Waals surface area (Å²) in [4.78, 5) is 12.6. The highest BCUT2D eigenvalue weighted by Crippen LogP contribution is 2.35. The number of halogens is 1. The summed E-state index contributed by atoms with van der Waals surface area (Å²) in [6, 6.07) is 16.5. The lowest BCUT2D eigenvalue weighted by Gasteiger charge is -2.19. The van der Waals surface area contributed by atoms with Crippen LogP contribution in [0, 0.1) is 6.92 Å². The largest absolute Gasteiger partial charge is 0.366 e. The number of aromatic nitrogens is 1. The Balaban J connectivity index is 2.19. The minimum Gasteiger partial charge on any atom is -0.366 e. The summed E-state index contributed by atoms with van der Waals surface area (Å²) in [5, 5.41) is 0.713. The number of amides is 1. The van der Waals surface area contributed by atoms with E-state index in [4.69, 9.17) is 17.3 Å². The number of rotatable bonds is 7. The fraction of sp³-hybridized carbons (Fsp3) is 0.370. The van der Waals surface area contributed by atoms with Gasteiger partial charge in [0.15, 0.2) is 0 Å². The molecule has 0 aliphatic heterocycles. The van der Waals surface area contributed by atoms with Gasteiger partial charge in [0.25, 0.3) is 5.91 Å². The van der Waals surface area contributed by atoms with Crippen LogP contribution in [0.2, 0.25) is 5.02 Å². The standard InChI is InChI=1S/C27H33ClN2O/c1-6-7-11-23-25(20-12-14-21(15-13-20)27(3,4)5)24(26(29)31)18(2)30(23)17-19-9-8-10-22(28)16-19/h8-10,12-16H,6-7,11,17H2,1-5H3,(H2,29,31). The van der Waals surface area contributed by atoms with Crippen molar-refractivity contribution >= 4 is 17.5 Å². The van der Waals surface area contributed by atoms with Gasteiger partial charge in [0, 0.05) is 28.5 Å². The molecule has 2 N–H and O–H groups in total. The van der Waals surface area contributed by atoms with Crippen molar-refractivity contribution in [2.45, 2.75) is 65.8 Å². The Morgan fingerprint density at radius 1 is 1.10 bits per heavy atom. The molecule has 1 amide bonds. The summed E-state index contributed by atoms with van der Waals surface area (Å²) in [5.74, 6) is -0.380.